The van der Waals surface area contributed by atoms with Gasteiger partial charge < -0.3 is 15.8 Å². The first-order valence-corrected chi connectivity index (χ1v) is 7.37. The van der Waals surface area contributed by atoms with Gasteiger partial charge in [-0.15, -0.1) is 36.2 Å². The Bertz CT molecular complexity index is 456. The van der Waals surface area contributed by atoms with E-state index >= 15 is 0 Å². The Labute approximate surface area is 141 Å². The molecule has 1 aromatic heterocycles. The zero-order valence-electron chi connectivity index (χ0n) is 12.4. The van der Waals surface area contributed by atoms with Crippen molar-refractivity contribution in [3.05, 3.63) is 16.6 Å². The summed E-state index contributed by atoms with van der Waals surface area (Å²) in [6.07, 6.45) is 2.34. The van der Waals surface area contributed by atoms with E-state index in [0.29, 0.717) is 19.6 Å². The monoisotopic (exact) mass is 355 g/mol. The predicted octanol–water partition coefficient (Wildman–Crippen LogP) is 2.14. The van der Waals surface area contributed by atoms with Crippen LogP contribution in [0.15, 0.2) is 11.6 Å². The van der Waals surface area contributed by atoms with E-state index in [1.54, 1.807) is 6.20 Å². The minimum atomic E-state index is -0.857. The molecule has 1 amide bonds. The normalized spacial score (nSPS) is 26.0. The molecular formula is C13H23Cl2N3O2S. The summed E-state index contributed by atoms with van der Waals surface area (Å²) in [5.41, 5.74) is 5.07. The smallest absolute Gasteiger partial charge is 0.241 e. The van der Waals surface area contributed by atoms with Gasteiger partial charge in [0.05, 0.1) is 12.6 Å². The van der Waals surface area contributed by atoms with E-state index < -0.39 is 5.54 Å². The lowest BCUT2D eigenvalue weighted by Gasteiger charge is -2.57. The number of carbonyl (C=O) groups is 1. The summed E-state index contributed by atoms with van der Waals surface area (Å²) < 4.78 is 5.62. The standard InChI is InChI=1S/C13H21N3O2S.2ClH/c1-4-18-9-7-13(14,12(9,2)3)11(17)16-8-10-15-5-6-19-10;;/h5-6,9H,4,7-8,14H2,1-3H3,(H,16,17);2*1H. The molecule has 1 aromatic rings. The largest absolute Gasteiger partial charge is 0.378 e. The highest BCUT2D eigenvalue weighted by Gasteiger charge is 2.62. The van der Waals surface area contributed by atoms with E-state index in [-0.39, 0.29) is 42.2 Å². The second-order valence-corrected chi connectivity index (χ2v) is 6.43. The minimum Gasteiger partial charge on any atom is -0.378 e. The van der Waals surface area contributed by atoms with Crippen molar-refractivity contribution < 1.29 is 9.53 Å². The fraction of sp³-hybridized carbons (Fsp3) is 0.692. The highest BCUT2D eigenvalue weighted by molar-refractivity contribution is 7.09. The number of nitrogens with zero attached hydrogens (tertiary/aromatic N) is 1. The number of hydrogen-bond acceptors (Lipinski definition) is 5. The quantitative estimate of drug-likeness (QED) is 0.847. The molecule has 1 fully saturated rings. The summed E-state index contributed by atoms with van der Waals surface area (Å²) in [6.45, 7) is 7.00. The van der Waals surface area contributed by atoms with Crippen LogP contribution in [0.25, 0.3) is 0 Å². The van der Waals surface area contributed by atoms with Gasteiger partial charge in [-0.1, -0.05) is 13.8 Å². The van der Waals surface area contributed by atoms with E-state index in [1.165, 1.54) is 11.3 Å². The number of carbonyl (C=O) groups excluding carboxylic acids is 1. The number of rotatable bonds is 5. The Morgan fingerprint density at radius 2 is 2.24 bits per heavy atom. The molecule has 0 radical (unpaired) electrons. The highest BCUT2D eigenvalue weighted by atomic mass is 35.5. The van der Waals surface area contributed by atoms with Gasteiger partial charge in [0.25, 0.3) is 0 Å². The van der Waals surface area contributed by atoms with Crippen LogP contribution < -0.4 is 11.1 Å². The zero-order valence-corrected chi connectivity index (χ0v) is 14.9. The van der Waals surface area contributed by atoms with Crippen LogP contribution in [0.3, 0.4) is 0 Å². The summed E-state index contributed by atoms with van der Waals surface area (Å²) in [7, 11) is 0. The second kappa shape index (κ2) is 7.74. The SMILES string of the molecule is CCOC1CC(N)(C(=O)NCc2nccs2)C1(C)C.Cl.Cl. The number of amides is 1. The van der Waals surface area contributed by atoms with Gasteiger partial charge in [-0.05, 0) is 6.92 Å². The van der Waals surface area contributed by atoms with Crippen molar-refractivity contribution in [2.24, 2.45) is 11.1 Å². The van der Waals surface area contributed by atoms with Crippen LogP contribution in [0, 0.1) is 5.41 Å². The van der Waals surface area contributed by atoms with Crippen LogP contribution in [0.4, 0.5) is 0 Å². The molecule has 1 aliphatic rings. The first-order valence-electron chi connectivity index (χ1n) is 6.49. The first kappa shape index (κ1) is 20.6. The molecule has 0 bridgehead atoms. The van der Waals surface area contributed by atoms with Crippen molar-refractivity contribution in [2.75, 3.05) is 6.61 Å². The van der Waals surface area contributed by atoms with E-state index in [4.69, 9.17) is 10.5 Å². The Balaban J connectivity index is 0.00000200. The van der Waals surface area contributed by atoms with Crippen molar-refractivity contribution in [1.82, 2.24) is 10.3 Å². The molecule has 0 aromatic carbocycles. The summed E-state index contributed by atoms with van der Waals surface area (Å²) in [5, 5.41) is 5.65. The van der Waals surface area contributed by atoms with Gasteiger partial charge in [-0.25, -0.2) is 4.98 Å². The molecule has 8 heteroatoms. The Hall–Kier alpha value is -0.400. The maximum atomic E-state index is 12.3. The molecule has 1 heterocycles. The molecule has 0 aliphatic heterocycles. The molecule has 2 unspecified atom stereocenters. The lowest BCUT2D eigenvalue weighted by molar-refractivity contribution is -0.170. The van der Waals surface area contributed by atoms with Crippen molar-refractivity contribution >= 4 is 42.1 Å². The van der Waals surface area contributed by atoms with Crippen molar-refractivity contribution in [2.45, 2.75) is 45.4 Å². The maximum absolute atomic E-state index is 12.3. The van der Waals surface area contributed by atoms with Gasteiger partial charge in [-0.3, -0.25) is 4.79 Å². The Morgan fingerprint density at radius 1 is 1.57 bits per heavy atom. The number of halogens is 2. The number of aromatic nitrogens is 1. The van der Waals surface area contributed by atoms with Gasteiger partial charge in [-0.2, -0.15) is 0 Å². The van der Waals surface area contributed by atoms with E-state index in [9.17, 15) is 4.79 Å². The fourth-order valence-corrected chi connectivity index (χ4v) is 3.03. The van der Waals surface area contributed by atoms with Crippen molar-refractivity contribution in [3.63, 3.8) is 0 Å². The lowest BCUT2D eigenvalue weighted by atomic mass is 9.54. The number of thiazole rings is 1. The second-order valence-electron chi connectivity index (χ2n) is 5.45. The highest BCUT2D eigenvalue weighted by Crippen LogP contribution is 2.49. The summed E-state index contributed by atoms with van der Waals surface area (Å²) in [5.74, 6) is -0.122. The van der Waals surface area contributed by atoms with Gasteiger partial charge >= 0.3 is 0 Å². The molecule has 5 nitrogen and oxygen atoms in total. The molecule has 0 spiro atoms. The predicted molar refractivity (Wildman–Crippen MR) is 89.2 cm³/mol. The van der Waals surface area contributed by atoms with Crippen LogP contribution >= 0.6 is 36.2 Å². The number of hydrogen-bond donors (Lipinski definition) is 2. The van der Waals surface area contributed by atoms with E-state index in [2.05, 4.69) is 10.3 Å². The number of nitrogens with two attached hydrogens (primary N) is 1. The third-order valence-corrected chi connectivity index (χ3v) is 4.90. The van der Waals surface area contributed by atoms with Gasteiger partial charge in [0.2, 0.25) is 5.91 Å². The van der Waals surface area contributed by atoms with E-state index in [1.807, 2.05) is 26.2 Å². The zero-order chi connectivity index (χ0) is 14.1. The van der Waals surface area contributed by atoms with Crippen LogP contribution in [0.1, 0.15) is 32.2 Å². The van der Waals surface area contributed by atoms with Crippen LogP contribution in [0.5, 0.6) is 0 Å². The molecule has 2 rings (SSSR count). The molecule has 1 aliphatic carbocycles. The molecule has 0 saturated heterocycles. The van der Waals surface area contributed by atoms with Gasteiger partial charge in [0.1, 0.15) is 10.5 Å². The third kappa shape index (κ3) is 3.68. The molecular weight excluding hydrogens is 333 g/mol. The minimum absolute atomic E-state index is 0. The maximum Gasteiger partial charge on any atom is 0.241 e. The Morgan fingerprint density at radius 3 is 2.71 bits per heavy atom. The fourth-order valence-electron chi connectivity index (χ4n) is 2.47. The number of nitrogens with one attached hydrogen (secondary N) is 1. The average molecular weight is 356 g/mol. The van der Waals surface area contributed by atoms with E-state index in [0.717, 1.165) is 5.01 Å². The molecule has 2 atom stereocenters. The summed E-state index contributed by atoms with van der Waals surface area (Å²) >= 11 is 1.52. The average Bonchev–Trinajstić information content (AvgIpc) is 2.88. The molecule has 3 N–H and O–H groups in total. The first-order chi connectivity index (χ1) is 8.91. The summed E-state index contributed by atoms with van der Waals surface area (Å²) in [6, 6.07) is 0. The lowest BCUT2D eigenvalue weighted by Crippen LogP contribution is -2.75. The number of ether oxygens (including phenoxy) is 1. The molecule has 21 heavy (non-hydrogen) atoms. The molecule has 122 valence electrons. The van der Waals surface area contributed by atoms with Crippen molar-refractivity contribution in [1.29, 1.82) is 0 Å². The van der Waals surface area contributed by atoms with Crippen LogP contribution in [0.2, 0.25) is 0 Å². The summed E-state index contributed by atoms with van der Waals surface area (Å²) in [4.78, 5) is 16.4. The van der Waals surface area contributed by atoms with Crippen molar-refractivity contribution in [3.8, 4) is 0 Å². The third-order valence-electron chi connectivity index (χ3n) is 4.12. The van der Waals surface area contributed by atoms with Gasteiger partial charge in [0.15, 0.2) is 0 Å². The van der Waals surface area contributed by atoms with Crippen LogP contribution in [-0.2, 0) is 16.1 Å². The Kier molecular flexibility index (Phi) is 7.59. The molecule has 1 saturated carbocycles. The van der Waals surface area contributed by atoms with Crippen LogP contribution in [-0.4, -0.2) is 29.1 Å². The van der Waals surface area contributed by atoms with Gasteiger partial charge in [0, 0.05) is 30.0 Å². The topological polar surface area (TPSA) is 77.2 Å².